The second-order valence-electron chi connectivity index (χ2n) is 4.78. The van der Waals surface area contributed by atoms with E-state index in [1.807, 2.05) is 0 Å². The molecule has 0 aromatic heterocycles. The lowest BCUT2D eigenvalue weighted by atomic mass is 10.1. The largest absolute Gasteiger partial charge is 0.372 e. The smallest absolute Gasteiger partial charge is 0.0721 e. The highest BCUT2D eigenvalue weighted by atomic mass is 16.5. The standard InChI is InChI=1S/C14H21NO/c1-11-6-12(2)8-13(7-11)10-16-14-4-3-5-15-9-14/h6-8,14-15H,3-5,9-10H2,1-2H3. The van der Waals surface area contributed by atoms with Crippen molar-refractivity contribution in [3.05, 3.63) is 34.9 Å². The summed E-state index contributed by atoms with van der Waals surface area (Å²) in [5.41, 5.74) is 3.93. The van der Waals surface area contributed by atoms with E-state index in [9.17, 15) is 0 Å². The maximum atomic E-state index is 5.92. The van der Waals surface area contributed by atoms with Crippen molar-refractivity contribution in [3.63, 3.8) is 0 Å². The van der Waals surface area contributed by atoms with E-state index in [2.05, 4.69) is 37.4 Å². The van der Waals surface area contributed by atoms with Gasteiger partial charge in [-0.05, 0) is 38.8 Å². The van der Waals surface area contributed by atoms with Crippen LogP contribution in [0.25, 0.3) is 0 Å². The molecule has 2 rings (SSSR count). The highest BCUT2D eigenvalue weighted by Crippen LogP contribution is 2.13. The molecule has 1 heterocycles. The van der Waals surface area contributed by atoms with Crippen LogP contribution in [0.2, 0.25) is 0 Å². The van der Waals surface area contributed by atoms with Gasteiger partial charge in [-0.3, -0.25) is 0 Å². The minimum absolute atomic E-state index is 0.398. The summed E-state index contributed by atoms with van der Waals surface area (Å²) >= 11 is 0. The fourth-order valence-electron chi connectivity index (χ4n) is 2.33. The van der Waals surface area contributed by atoms with Gasteiger partial charge in [0.25, 0.3) is 0 Å². The van der Waals surface area contributed by atoms with Crippen LogP contribution in [-0.4, -0.2) is 19.2 Å². The van der Waals surface area contributed by atoms with Crippen molar-refractivity contribution in [1.29, 1.82) is 0 Å². The normalized spacial score (nSPS) is 21.0. The van der Waals surface area contributed by atoms with Gasteiger partial charge < -0.3 is 10.1 Å². The molecule has 1 N–H and O–H groups in total. The van der Waals surface area contributed by atoms with E-state index in [-0.39, 0.29) is 0 Å². The lowest BCUT2D eigenvalue weighted by Crippen LogP contribution is -2.35. The zero-order valence-electron chi connectivity index (χ0n) is 10.3. The van der Waals surface area contributed by atoms with Crippen LogP contribution in [0.4, 0.5) is 0 Å². The maximum Gasteiger partial charge on any atom is 0.0721 e. The molecule has 1 unspecified atom stereocenters. The zero-order valence-corrected chi connectivity index (χ0v) is 10.3. The number of aryl methyl sites for hydroxylation is 2. The summed E-state index contributed by atoms with van der Waals surface area (Å²) in [5.74, 6) is 0. The third-order valence-electron chi connectivity index (χ3n) is 3.02. The van der Waals surface area contributed by atoms with Gasteiger partial charge in [0.15, 0.2) is 0 Å². The van der Waals surface area contributed by atoms with Gasteiger partial charge in [-0.1, -0.05) is 29.3 Å². The summed E-state index contributed by atoms with van der Waals surface area (Å²) in [6.45, 7) is 7.17. The number of nitrogens with one attached hydrogen (secondary N) is 1. The first-order chi connectivity index (χ1) is 7.74. The topological polar surface area (TPSA) is 21.3 Å². The Kier molecular flexibility index (Phi) is 3.97. The quantitative estimate of drug-likeness (QED) is 0.843. The van der Waals surface area contributed by atoms with E-state index in [1.165, 1.54) is 29.5 Å². The lowest BCUT2D eigenvalue weighted by molar-refractivity contribution is 0.0252. The molecule has 1 fully saturated rings. The lowest BCUT2D eigenvalue weighted by Gasteiger charge is -2.23. The minimum Gasteiger partial charge on any atom is -0.372 e. The Bertz CT molecular complexity index is 322. The van der Waals surface area contributed by atoms with Gasteiger partial charge in [0.05, 0.1) is 12.7 Å². The van der Waals surface area contributed by atoms with Crippen molar-refractivity contribution in [2.45, 2.75) is 39.4 Å². The molecule has 1 saturated heterocycles. The molecule has 1 atom stereocenters. The summed E-state index contributed by atoms with van der Waals surface area (Å²) < 4.78 is 5.92. The molecule has 1 aromatic rings. The molecule has 2 heteroatoms. The van der Waals surface area contributed by atoms with Crippen LogP contribution < -0.4 is 5.32 Å². The van der Waals surface area contributed by atoms with E-state index in [0.717, 1.165) is 19.7 Å². The SMILES string of the molecule is Cc1cc(C)cc(COC2CCCNC2)c1. The molecular weight excluding hydrogens is 198 g/mol. The van der Waals surface area contributed by atoms with Gasteiger partial charge in [0.2, 0.25) is 0 Å². The molecule has 1 aliphatic heterocycles. The van der Waals surface area contributed by atoms with Crippen LogP contribution in [-0.2, 0) is 11.3 Å². The van der Waals surface area contributed by atoms with Gasteiger partial charge in [0, 0.05) is 6.54 Å². The van der Waals surface area contributed by atoms with Gasteiger partial charge in [-0.25, -0.2) is 0 Å². The van der Waals surface area contributed by atoms with Crippen molar-refractivity contribution >= 4 is 0 Å². The Balaban J connectivity index is 1.88. The third kappa shape index (κ3) is 3.32. The summed E-state index contributed by atoms with van der Waals surface area (Å²) in [6.07, 6.45) is 2.82. The molecule has 0 amide bonds. The van der Waals surface area contributed by atoms with Crippen LogP contribution in [0.3, 0.4) is 0 Å². The molecular formula is C14H21NO. The summed E-state index contributed by atoms with van der Waals surface area (Å²) in [6, 6.07) is 6.62. The maximum absolute atomic E-state index is 5.92. The summed E-state index contributed by atoms with van der Waals surface area (Å²) in [5, 5.41) is 3.37. The Hall–Kier alpha value is -0.860. The van der Waals surface area contributed by atoms with Gasteiger partial charge in [0.1, 0.15) is 0 Å². The van der Waals surface area contributed by atoms with E-state index in [0.29, 0.717) is 6.10 Å². The predicted octanol–water partition coefficient (Wildman–Crippen LogP) is 2.57. The van der Waals surface area contributed by atoms with Crippen LogP contribution in [0.5, 0.6) is 0 Å². The Morgan fingerprint density at radius 3 is 2.62 bits per heavy atom. The first-order valence-electron chi connectivity index (χ1n) is 6.13. The van der Waals surface area contributed by atoms with Crippen molar-refractivity contribution < 1.29 is 4.74 Å². The molecule has 1 aromatic carbocycles. The van der Waals surface area contributed by atoms with Crippen LogP contribution in [0.15, 0.2) is 18.2 Å². The first kappa shape index (κ1) is 11.6. The summed E-state index contributed by atoms with van der Waals surface area (Å²) in [4.78, 5) is 0. The van der Waals surface area contributed by atoms with Crippen LogP contribution in [0.1, 0.15) is 29.5 Å². The molecule has 1 aliphatic rings. The van der Waals surface area contributed by atoms with Gasteiger partial charge >= 0.3 is 0 Å². The van der Waals surface area contributed by atoms with Crippen molar-refractivity contribution in [1.82, 2.24) is 5.32 Å². The first-order valence-corrected chi connectivity index (χ1v) is 6.13. The number of piperidine rings is 1. The molecule has 2 nitrogen and oxygen atoms in total. The highest BCUT2D eigenvalue weighted by molar-refractivity contribution is 5.28. The Labute approximate surface area is 98.0 Å². The third-order valence-corrected chi connectivity index (χ3v) is 3.02. The molecule has 0 spiro atoms. The van der Waals surface area contributed by atoms with Crippen LogP contribution >= 0.6 is 0 Å². The molecule has 88 valence electrons. The van der Waals surface area contributed by atoms with E-state index in [1.54, 1.807) is 0 Å². The number of rotatable bonds is 3. The molecule has 0 aliphatic carbocycles. The Morgan fingerprint density at radius 2 is 2.00 bits per heavy atom. The number of benzene rings is 1. The highest BCUT2D eigenvalue weighted by Gasteiger charge is 2.12. The fraction of sp³-hybridized carbons (Fsp3) is 0.571. The summed E-state index contributed by atoms with van der Waals surface area (Å²) in [7, 11) is 0. The van der Waals surface area contributed by atoms with Crippen LogP contribution in [0, 0.1) is 13.8 Å². The van der Waals surface area contributed by atoms with E-state index in [4.69, 9.17) is 4.74 Å². The number of hydrogen-bond acceptors (Lipinski definition) is 2. The molecule has 16 heavy (non-hydrogen) atoms. The predicted molar refractivity (Wildman–Crippen MR) is 66.6 cm³/mol. The monoisotopic (exact) mass is 219 g/mol. The second kappa shape index (κ2) is 5.46. The van der Waals surface area contributed by atoms with Gasteiger partial charge in [-0.2, -0.15) is 0 Å². The van der Waals surface area contributed by atoms with Crippen molar-refractivity contribution in [3.8, 4) is 0 Å². The second-order valence-corrected chi connectivity index (χ2v) is 4.78. The molecule has 0 saturated carbocycles. The van der Waals surface area contributed by atoms with E-state index >= 15 is 0 Å². The van der Waals surface area contributed by atoms with Gasteiger partial charge in [-0.15, -0.1) is 0 Å². The molecule has 0 bridgehead atoms. The Morgan fingerprint density at radius 1 is 1.25 bits per heavy atom. The molecule has 0 radical (unpaired) electrons. The fourth-order valence-corrected chi connectivity index (χ4v) is 2.33. The average molecular weight is 219 g/mol. The number of ether oxygens (including phenoxy) is 1. The minimum atomic E-state index is 0.398. The van der Waals surface area contributed by atoms with Crippen molar-refractivity contribution in [2.24, 2.45) is 0 Å². The average Bonchev–Trinajstić information content (AvgIpc) is 2.27. The zero-order chi connectivity index (χ0) is 11.4. The number of hydrogen-bond donors (Lipinski definition) is 1. The van der Waals surface area contributed by atoms with Crippen molar-refractivity contribution in [2.75, 3.05) is 13.1 Å². The van der Waals surface area contributed by atoms with E-state index < -0.39 is 0 Å².